The lowest BCUT2D eigenvalue weighted by Gasteiger charge is -2.12. The summed E-state index contributed by atoms with van der Waals surface area (Å²) in [5.74, 6) is -0.532. The molecule has 0 saturated carbocycles. The summed E-state index contributed by atoms with van der Waals surface area (Å²) in [7, 11) is -3.77. The highest BCUT2D eigenvalue weighted by atomic mass is 32.2. The fraction of sp³-hybridized carbons (Fsp3) is 0.158. The molecule has 0 aliphatic heterocycles. The van der Waals surface area contributed by atoms with Gasteiger partial charge in [0.05, 0.1) is 4.90 Å². The Morgan fingerprint density at radius 3 is 2.44 bits per heavy atom. The van der Waals surface area contributed by atoms with Crippen molar-refractivity contribution in [1.82, 2.24) is 0 Å². The average molecular weight is 384 g/mol. The van der Waals surface area contributed by atoms with Crippen LogP contribution in [0, 0.1) is 18.3 Å². The molecule has 0 aromatic heterocycles. The summed E-state index contributed by atoms with van der Waals surface area (Å²) in [6.07, 6.45) is 2.02. The number of sulfonamides is 1. The molecule has 4 N–H and O–H groups in total. The van der Waals surface area contributed by atoms with Gasteiger partial charge in [0.2, 0.25) is 10.0 Å². The van der Waals surface area contributed by atoms with Crippen molar-refractivity contribution in [2.75, 3.05) is 10.6 Å². The van der Waals surface area contributed by atoms with E-state index in [2.05, 4.69) is 10.6 Å². The Morgan fingerprint density at radius 2 is 1.89 bits per heavy atom. The van der Waals surface area contributed by atoms with E-state index in [1.165, 1.54) is 30.5 Å². The first-order chi connectivity index (χ1) is 12.8. The fourth-order valence-electron chi connectivity index (χ4n) is 2.43. The SMILES string of the molecule is CCc1cccc(C)c1NC(=O)/C(C#N)=C\Nc1ccc(S(N)(=O)=O)cc1. The molecule has 7 nitrogen and oxygen atoms in total. The molecule has 0 unspecified atom stereocenters. The summed E-state index contributed by atoms with van der Waals surface area (Å²) in [6, 6.07) is 13.2. The standard InChI is InChI=1S/C19H20N4O3S/c1-3-14-6-4-5-13(2)18(14)23-19(24)15(11-20)12-22-16-7-9-17(10-8-16)27(21,25)26/h4-10,12,22H,3H2,1-2H3,(H,23,24)(H2,21,25,26)/b15-12-. The molecule has 1 amide bonds. The van der Waals surface area contributed by atoms with Crippen LogP contribution in [0.2, 0.25) is 0 Å². The van der Waals surface area contributed by atoms with Gasteiger partial charge in [-0.1, -0.05) is 25.1 Å². The lowest BCUT2D eigenvalue weighted by Crippen LogP contribution is -2.16. The van der Waals surface area contributed by atoms with E-state index in [9.17, 15) is 18.5 Å². The van der Waals surface area contributed by atoms with E-state index in [1.807, 2.05) is 38.1 Å². The Bertz CT molecular complexity index is 1020. The van der Waals surface area contributed by atoms with E-state index in [-0.39, 0.29) is 10.5 Å². The van der Waals surface area contributed by atoms with Crippen LogP contribution in [-0.2, 0) is 21.2 Å². The lowest BCUT2D eigenvalue weighted by atomic mass is 10.1. The number of primary sulfonamides is 1. The molecule has 0 aliphatic rings. The first kappa shape index (κ1) is 20.2. The average Bonchev–Trinajstić information content (AvgIpc) is 2.63. The van der Waals surface area contributed by atoms with E-state index >= 15 is 0 Å². The van der Waals surface area contributed by atoms with Crippen molar-refractivity contribution in [3.63, 3.8) is 0 Å². The largest absolute Gasteiger partial charge is 0.360 e. The smallest absolute Gasteiger partial charge is 0.267 e. The summed E-state index contributed by atoms with van der Waals surface area (Å²) in [5.41, 5.74) is 2.98. The van der Waals surface area contributed by atoms with Crippen LogP contribution < -0.4 is 15.8 Å². The number of para-hydroxylation sites is 1. The fourth-order valence-corrected chi connectivity index (χ4v) is 2.94. The predicted molar refractivity (Wildman–Crippen MR) is 104 cm³/mol. The maximum atomic E-state index is 12.4. The van der Waals surface area contributed by atoms with Gasteiger partial charge >= 0.3 is 0 Å². The second kappa shape index (κ2) is 8.49. The molecule has 0 bridgehead atoms. The Kier molecular flexibility index (Phi) is 6.34. The van der Waals surface area contributed by atoms with Gasteiger partial charge in [0.25, 0.3) is 5.91 Å². The number of hydrogen-bond acceptors (Lipinski definition) is 5. The molecule has 2 aromatic rings. The summed E-state index contributed by atoms with van der Waals surface area (Å²) >= 11 is 0. The molecule has 0 saturated heterocycles. The first-order valence-corrected chi connectivity index (χ1v) is 9.70. The number of carbonyl (C=O) groups is 1. The molecule has 0 radical (unpaired) electrons. The summed E-state index contributed by atoms with van der Waals surface area (Å²) in [4.78, 5) is 12.4. The van der Waals surface area contributed by atoms with Crippen LogP contribution in [0.4, 0.5) is 11.4 Å². The number of anilines is 2. The molecule has 2 aromatic carbocycles. The van der Waals surface area contributed by atoms with E-state index in [0.717, 1.165) is 17.5 Å². The number of rotatable bonds is 6. The van der Waals surface area contributed by atoms with Crippen LogP contribution in [0.25, 0.3) is 0 Å². The summed E-state index contributed by atoms with van der Waals surface area (Å²) in [6.45, 7) is 3.87. The molecule has 0 fully saturated rings. The second-order valence-electron chi connectivity index (χ2n) is 5.80. The number of nitriles is 1. The lowest BCUT2D eigenvalue weighted by molar-refractivity contribution is -0.112. The van der Waals surface area contributed by atoms with Gasteiger partial charge in [-0.3, -0.25) is 4.79 Å². The minimum absolute atomic E-state index is 0.0260. The molecule has 0 aliphatic carbocycles. The third kappa shape index (κ3) is 5.17. The zero-order valence-corrected chi connectivity index (χ0v) is 15.8. The van der Waals surface area contributed by atoms with Gasteiger partial charge in [0, 0.05) is 17.6 Å². The van der Waals surface area contributed by atoms with Crippen molar-refractivity contribution in [1.29, 1.82) is 5.26 Å². The highest BCUT2D eigenvalue weighted by Crippen LogP contribution is 2.21. The highest BCUT2D eigenvalue weighted by molar-refractivity contribution is 7.89. The van der Waals surface area contributed by atoms with E-state index in [0.29, 0.717) is 11.4 Å². The number of benzene rings is 2. The maximum Gasteiger partial charge on any atom is 0.267 e. The summed E-state index contributed by atoms with van der Waals surface area (Å²) < 4.78 is 22.5. The van der Waals surface area contributed by atoms with Gasteiger partial charge in [-0.25, -0.2) is 13.6 Å². The second-order valence-corrected chi connectivity index (χ2v) is 7.36. The zero-order valence-electron chi connectivity index (χ0n) is 15.0. The first-order valence-electron chi connectivity index (χ1n) is 8.15. The number of nitrogens with two attached hydrogens (primary N) is 1. The van der Waals surface area contributed by atoms with Crippen molar-refractivity contribution in [3.8, 4) is 6.07 Å². The van der Waals surface area contributed by atoms with Crippen molar-refractivity contribution in [2.45, 2.75) is 25.2 Å². The molecule has 140 valence electrons. The molecule has 2 rings (SSSR count). The number of hydrogen-bond donors (Lipinski definition) is 3. The van der Waals surface area contributed by atoms with Crippen LogP contribution in [0.5, 0.6) is 0 Å². The van der Waals surface area contributed by atoms with Gasteiger partial charge in [-0.05, 0) is 48.7 Å². The zero-order chi connectivity index (χ0) is 20.0. The van der Waals surface area contributed by atoms with Crippen LogP contribution in [0.3, 0.4) is 0 Å². The number of nitrogens with one attached hydrogen (secondary N) is 2. The van der Waals surface area contributed by atoms with Crippen LogP contribution in [0.1, 0.15) is 18.1 Å². The Balaban J connectivity index is 2.17. The third-order valence-corrected chi connectivity index (χ3v) is 4.84. The monoisotopic (exact) mass is 384 g/mol. The van der Waals surface area contributed by atoms with E-state index in [4.69, 9.17) is 5.14 Å². The Hall–Kier alpha value is -3.15. The highest BCUT2D eigenvalue weighted by Gasteiger charge is 2.13. The van der Waals surface area contributed by atoms with Gasteiger partial charge < -0.3 is 10.6 Å². The topological polar surface area (TPSA) is 125 Å². The Morgan fingerprint density at radius 1 is 1.22 bits per heavy atom. The van der Waals surface area contributed by atoms with Gasteiger partial charge in [0.15, 0.2) is 0 Å². The van der Waals surface area contributed by atoms with Crippen molar-refractivity contribution in [2.24, 2.45) is 5.14 Å². The molecular formula is C19H20N4O3S. The quantitative estimate of drug-likeness (QED) is 0.521. The minimum Gasteiger partial charge on any atom is -0.360 e. The van der Waals surface area contributed by atoms with Crippen molar-refractivity contribution in [3.05, 3.63) is 65.4 Å². The van der Waals surface area contributed by atoms with Crippen LogP contribution >= 0.6 is 0 Å². The predicted octanol–water partition coefficient (Wildman–Crippen LogP) is 2.66. The Labute approximate surface area is 158 Å². The normalized spacial score (nSPS) is 11.6. The molecule has 0 atom stereocenters. The minimum atomic E-state index is -3.77. The molecular weight excluding hydrogens is 364 g/mol. The maximum absolute atomic E-state index is 12.4. The van der Waals surface area contributed by atoms with Crippen LogP contribution in [0.15, 0.2) is 59.1 Å². The van der Waals surface area contributed by atoms with E-state index in [1.54, 1.807) is 0 Å². The molecule has 27 heavy (non-hydrogen) atoms. The van der Waals surface area contributed by atoms with Gasteiger partial charge in [-0.2, -0.15) is 5.26 Å². The van der Waals surface area contributed by atoms with Crippen LogP contribution in [-0.4, -0.2) is 14.3 Å². The van der Waals surface area contributed by atoms with E-state index < -0.39 is 15.9 Å². The third-order valence-electron chi connectivity index (χ3n) is 3.91. The van der Waals surface area contributed by atoms with Crippen molar-refractivity contribution >= 4 is 27.3 Å². The van der Waals surface area contributed by atoms with Gasteiger partial charge in [-0.15, -0.1) is 0 Å². The number of nitrogens with zero attached hydrogens (tertiary/aromatic N) is 1. The summed E-state index contributed by atoms with van der Waals surface area (Å²) in [5, 5.41) is 19.9. The molecule has 0 heterocycles. The molecule has 8 heteroatoms. The number of aryl methyl sites for hydroxylation is 2. The number of amides is 1. The number of carbonyl (C=O) groups excluding carboxylic acids is 1. The van der Waals surface area contributed by atoms with Gasteiger partial charge in [0.1, 0.15) is 11.6 Å². The van der Waals surface area contributed by atoms with Crippen molar-refractivity contribution < 1.29 is 13.2 Å². The molecule has 0 spiro atoms.